The summed E-state index contributed by atoms with van der Waals surface area (Å²) in [7, 11) is 0. The Kier molecular flexibility index (Phi) is 1380. The monoisotopic (exact) mass is 1760 g/mol. The summed E-state index contributed by atoms with van der Waals surface area (Å²) >= 11 is 0. The number of hydrogen-bond acceptors (Lipinski definition) is 0. The Hall–Kier alpha value is 21.1. The second-order valence-electron chi connectivity index (χ2n) is 0. The van der Waals surface area contributed by atoms with Crippen LogP contribution in [0.5, 0.6) is 0 Å². The van der Waals surface area contributed by atoms with Crippen molar-refractivity contribution in [3.05, 3.63) is 0 Å². The van der Waals surface area contributed by atoms with Crippen LogP contribution in [0.3, 0.4) is 0 Å². The van der Waals surface area contributed by atoms with Gasteiger partial charge in [-0.25, -0.2) is 0 Å². The Bertz CT molecular complexity index is 27.8. The van der Waals surface area contributed by atoms with E-state index in [9.17, 15) is 0 Å². The average molecular weight is 1740 g/mol. The molecule has 0 bridgehead atoms. The van der Waals surface area contributed by atoms with Gasteiger partial charge in [-0.3, -0.25) is 0 Å². The second kappa shape index (κ2) is 172. The van der Waals surface area contributed by atoms with Crippen LogP contribution in [0.15, 0.2) is 0 Å². The molecule has 0 saturated carbocycles. The molecule has 0 saturated heterocycles. The third kappa shape index (κ3) is 164. The van der Waals surface area contributed by atoms with Crippen LogP contribution in [0.2, 0.25) is 0 Å². The summed E-state index contributed by atoms with van der Waals surface area (Å²) in [5.41, 5.74) is 0. The van der Waals surface area contributed by atoms with Gasteiger partial charge in [0.2, 0.25) is 0 Å². The van der Waals surface area contributed by atoms with Crippen LogP contribution in [0.1, 0.15) is 0 Å². The molecule has 0 spiro atoms. The van der Waals surface area contributed by atoms with Gasteiger partial charge in [-0.15, -0.1) is 0 Å². The summed E-state index contributed by atoms with van der Waals surface area (Å²) in [5, 5.41) is 0. The van der Waals surface area contributed by atoms with Crippen molar-refractivity contribution >= 4 is 628 Å². The predicted molar refractivity (Wildman–Crippen MR) is 132 cm³/mol. The van der Waals surface area contributed by atoms with Gasteiger partial charge in [0.15, 0.2) is 0 Å². The van der Waals surface area contributed by atoms with Crippen LogP contribution >= 0.6 is 0 Å². The summed E-state index contributed by atoms with van der Waals surface area (Å²) in [6.07, 6.45) is 0. The Balaban J connectivity index is 0. The SMILES string of the molecule is [Na].[Na].[Na].[Na].[Na].[Na].[Na].[Na].[Na].[Na].[Sn].[Sn].[Sn].[Sn].[Sn].[Sn].[Sn].[Sn].[Sn].[Sn].[Sn].[Sn].[Sr]. The van der Waals surface area contributed by atoms with Crippen molar-refractivity contribution in [1.29, 1.82) is 0 Å². The molecule has 0 fully saturated rings. The van der Waals surface area contributed by atoms with Gasteiger partial charge in [0, 0.05) is 628 Å². The van der Waals surface area contributed by atoms with Crippen molar-refractivity contribution in [3.63, 3.8) is 0 Å². The van der Waals surface area contributed by atoms with Crippen LogP contribution in [-0.2, 0) is 0 Å². The van der Waals surface area contributed by atoms with E-state index in [1.54, 1.807) is 0 Å². The quantitative estimate of drug-likeness (QED) is 0.212. The van der Waals surface area contributed by atoms with Gasteiger partial charge < -0.3 is 0 Å². The predicted octanol–water partition coefficient (Wildman–Crippen LogP) is -8.76. The minimum absolute atomic E-state index is 0. The van der Waals surface area contributed by atoms with Crippen molar-refractivity contribution in [2.75, 3.05) is 0 Å². The van der Waals surface area contributed by atoms with Gasteiger partial charge in [0.1, 0.15) is 0 Å². The minimum Gasteiger partial charge on any atom is 0 e. The molecular formula is Na10Sn12Sr. The molecule has 23 heavy (non-hydrogen) atoms. The Morgan fingerprint density at radius 1 is 0.130 bits per heavy atom. The zero-order chi connectivity index (χ0) is 0. The molecule has 0 amide bonds. The van der Waals surface area contributed by atoms with Gasteiger partial charge in [-0.2, -0.15) is 0 Å². The molecular weight excluding hydrogens is 1740 g/mol. The first-order valence-corrected chi connectivity index (χ1v) is 0. The maximum Gasteiger partial charge on any atom is 0 e. The summed E-state index contributed by atoms with van der Waals surface area (Å²) < 4.78 is 0. The normalized spacial score (nSPS) is 0. The van der Waals surface area contributed by atoms with E-state index in [4.69, 9.17) is 0 Å². The van der Waals surface area contributed by atoms with E-state index >= 15 is 0 Å². The standard InChI is InChI=1S/10Na.12Sn.Sr. The van der Waals surface area contributed by atoms with E-state index in [0.29, 0.717) is 0 Å². The molecule has 0 aromatic rings. The number of hydrogen-bond donors (Lipinski definition) is 0. The Morgan fingerprint density at radius 3 is 0.130 bits per heavy atom. The molecule has 0 unspecified atom stereocenters. The molecule has 0 aliphatic rings. The molecule has 0 nitrogen and oxygen atoms in total. The summed E-state index contributed by atoms with van der Waals surface area (Å²) in [6.45, 7) is 0. The first-order valence-electron chi connectivity index (χ1n) is 0. The third-order valence-electron chi connectivity index (χ3n) is 0. The average Bonchev–Trinajstić information content (AvgIpc) is 0. The molecule has 0 aromatic heterocycles. The van der Waals surface area contributed by atoms with Crippen molar-refractivity contribution in [3.8, 4) is 0 Å². The van der Waals surface area contributed by atoms with Crippen molar-refractivity contribution in [1.82, 2.24) is 0 Å². The zero-order valence-corrected chi connectivity index (χ0v) is 74.4. The van der Waals surface area contributed by atoms with Crippen LogP contribution in [0, 0.1) is 0 Å². The molecule has 60 radical (unpaired) electrons. The molecule has 23 heteroatoms. The van der Waals surface area contributed by atoms with Gasteiger partial charge in [0.25, 0.3) is 0 Å². The van der Waals surface area contributed by atoms with E-state index in [2.05, 4.69) is 0 Å². The maximum absolute atomic E-state index is 0. The van der Waals surface area contributed by atoms with Gasteiger partial charge in [0.05, 0.1) is 0 Å². The molecule has 0 N–H and O–H groups in total. The molecule has 0 aliphatic heterocycles. The third-order valence-corrected chi connectivity index (χ3v) is 0. The summed E-state index contributed by atoms with van der Waals surface area (Å²) in [4.78, 5) is 0. The van der Waals surface area contributed by atoms with Gasteiger partial charge in [-0.1, -0.05) is 0 Å². The minimum atomic E-state index is 0. The summed E-state index contributed by atoms with van der Waals surface area (Å²) in [6, 6.07) is 0. The fourth-order valence-corrected chi connectivity index (χ4v) is 0. The molecule has 0 rings (SSSR count). The maximum atomic E-state index is 0. The van der Waals surface area contributed by atoms with E-state index in [1.165, 1.54) is 0 Å². The van der Waals surface area contributed by atoms with Crippen LogP contribution in [0.25, 0.3) is 0 Å². The molecule has 0 atom stereocenters. The van der Waals surface area contributed by atoms with E-state index < -0.39 is 0 Å². The molecule has 60 valence electrons. The van der Waals surface area contributed by atoms with E-state index in [0.717, 1.165) is 0 Å². The van der Waals surface area contributed by atoms with Crippen molar-refractivity contribution in [2.45, 2.75) is 0 Å². The Labute approximate surface area is 606 Å². The second-order valence-corrected chi connectivity index (χ2v) is 0. The Morgan fingerprint density at radius 2 is 0.130 bits per heavy atom. The first kappa shape index (κ1) is 184. The fraction of sp³-hybridized carbons (Fsp3) is 0. The van der Waals surface area contributed by atoms with Crippen molar-refractivity contribution in [2.24, 2.45) is 0 Å². The molecule has 0 aromatic carbocycles. The largest absolute Gasteiger partial charge is 0 e. The van der Waals surface area contributed by atoms with Gasteiger partial charge >= 0.3 is 0 Å². The van der Waals surface area contributed by atoms with Gasteiger partial charge in [-0.05, 0) is 0 Å². The van der Waals surface area contributed by atoms with Crippen LogP contribution in [0.4, 0.5) is 0 Å². The van der Waals surface area contributed by atoms with E-state index in [1.807, 2.05) is 0 Å². The molecule has 0 heterocycles. The first-order chi connectivity index (χ1) is 0. The fourth-order valence-electron chi connectivity index (χ4n) is 0. The van der Waals surface area contributed by atoms with Crippen molar-refractivity contribution < 1.29 is 0 Å². The van der Waals surface area contributed by atoms with Crippen LogP contribution in [-0.4, -0.2) is 628 Å². The smallest absolute Gasteiger partial charge is 0 e. The van der Waals surface area contributed by atoms with Crippen LogP contribution < -0.4 is 0 Å². The number of rotatable bonds is 0. The van der Waals surface area contributed by atoms with E-state index in [-0.39, 0.29) is 628 Å². The topological polar surface area (TPSA) is 0 Å². The zero-order valence-electron chi connectivity index (χ0n) is 16.7. The molecule has 0 aliphatic carbocycles. The summed E-state index contributed by atoms with van der Waals surface area (Å²) in [5.74, 6) is 0.